The highest BCUT2D eigenvalue weighted by Crippen LogP contribution is 2.22. The molecule has 0 N–H and O–H groups in total. The summed E-state index contributed by atoms with van der Waals surface area (Å²) < 4.78 is 7.57. The molecule has 3 nitrogen and oxygen atoms in total. The second-order valence-corrected chi connectivity index (χ2v) is 4.44. The van der Waals surface area contributed by atoms with Gasteiger partial charge in [-0.3, -0.25) is 0 Å². The standard InChI is InChI=1S/C14H20N2O/c1-4-7-14-15-12-8-5-6-9-13(12)16(14)11(2)10-17-3/h5-6,8-9,11H,4,7,10H2,1-3H3. The number of hydrogen-bond acceptors (Lipinski definition) is 2. The van der Waals surface area contributed by atoms with E-state index in [9.17, 15) is 0 Å². The fraction of sp³-hybridized carbons (Fsp3) is 0.500. The summed E-state index contributed by atoms with van der Waals surface area (Å²) in [5.74, 6) is 1.17. The lowest BCUT2D eigenvalue weighted by Crippen LogP contribution is -2.14. The van der Waals surface area contributed by atoms with Gasteiger partial charge in [-0.2, -0.15) is 0 Å². The van der Waals surface area contributed by atoms with Gasteiger partial charge in [-0.25, -0.2) is 4.98 Å². The lowest BCUT2D eigenvalue weighted by Gasteiger charge is -2.16. The van der Waals surface area contributed by atoms with Gasteiger partial charge >= 0.3 is 0 Å². The Morgan fingerprint density at radius 2 is 2.12 bits per heavy atom. The number of aryl methyl sites for hydroxylation is 1. The molecule has 0 saturated carbocycles. The first-order valence-electron chi connectivity index (χ1n) is 6.22. The third kappa shape index (κ3) is 2.34. The van der Waals surface area contributed by atoms with Gasteiger partial charge in [0.25, 0.3) is 0 Å². The Morgan fingerprint density at radius 1 is 1.35 bits per heavy atom. The van der Waals surface area contributed by atoms with Crippen molar-refractivity contribution in [2.24, 2.45) is 0 Å². The lowest BCUT2D eigenvalue weighted by molar-refractivity contribution is 0.162. The molecule has 0 aliphatic carbocycles. The van der Waals surface area contributed by atoms with Gasteiger partial charge in [0.1, 0.15) is 5.82 Å². The number of fused-ring (bicyclic) bond motifs is 1. The van der Waals surface area contributed by atoms with Crippen molar-refractivity contribution in [3.05, 3.63) is 30.1 Å². The van der Waals surface area contributed by atoms with Gasteiger partial charge in [0, 0.05) is 13.5 Å². The van der Waals surface area contributed by atoms with Crippen molar-refractivity contribution in [2.75, 3.05) is 13.7 Å². The molecule has 1 unspecified atom stereocenters. The van der Waals surface area contributed by atoms with E-state index >= 15 is 0 Å². The highest BCUT2D eigenvalue weighted by molar-refractivity contribution is 5.76. The molecule has 17 heavy (non-hydrogen) atoms. The summed E-state index contributed by atoms with van der Waals surface area (Å²) in [4.78, 5) is 4.71. The van der Waals surface area contributed by atoms with Gasteiger partial charge in [0.2, 0.25) is 0 Å². The van der Waals surface area contributed by atoms with Crippen molar-refractivity contribution in [3.63, 3.8) is 0 Å². The van der Waals surface area contributed by atoms with E-state index in [1.807, 2.05) is 6.07 Å². The van der Waals surface area contributed by atoms with E-state index in [0.717, 1.165) is 25.0 Å². The van der Waals surface area contributed by atoms with Crippen LogP contribution in [0.4, 0.5) is 0 Å². The van der Waals surface area contributed by atoms with Crippen LogP contribution in [0.2, 0.25) is 0 Å². The minimum Gasteiger partial charge on any atom is -0.383 e. The molecule has 0 amide bonds. The topological polar surface area (TPSA) is 27.1 Å². The molecule has 92 valence electrons. The molecule has 3 heteroatoms. The molecule has 1 heterocycles. The number of aromatic nitrogens is 2. The number of rotatable bonds is 5. The van der Waals surface area contributed by atoms with E-state index in [1.54, 1.807) is 7.11 Å². The number of ether oxygens (including phenoxy) is 1. The van der Waals surface area contributed by atoms with Crippen molar-refractivity contribution >= 4 is 11.0 Å². The minimum atomic E-state index is 0.328. The largest absolute Gasteiger partial charge is 0.383 e. The van der Waals surface area contributed by atoms with Gasteiger partial charge in [-0.05, 0) is 25.5 Å². The Labute approximate surface area is 102 Å². The minimum absolute atomic E-state index is 0.328. The second kappa shape index (κ2) is 5.32. The van der Waals surface area contributed by atoms with Crippen molar-refractivity contribution in [2.45, 2.75) is 32.7 Å². The van der Waals surface area contributed by atoms with Crippen LogP contribution in [0.1, 0.15) is 32.1 Å². The summed E-state index contributed by atoms with van der Waals surface area (Å²) in [5, 5.41) is 0. The van der Waals surface area contributed by atoms with Crippen LogP contribution in [-0.4, -0.2) is 23.3 Å². The van der Waals surface area contributed by atoms with E-state index in [0.29, 0.717) is 6.04 Å². The predicted molar refractivity (Wildman–Crippen MR) is 70.3 cm³/mol. The molecule has 1 aromatic carbocycles. The quantitative estimate of drug-likeness (QED) is 0.791. The second-order valence-electron chi connectivity index (χ2n) is 4.44. The fourth-order valence-corrected chi connectivity index (χ4v) is 2.30. The molecule has 1 aromatic heterocycles. The number of nitrogens with zero attached hydrogens (tertiary/aromatic N) is 2. The van der Waals surface area contributed by atoms with Crippen molar-refractivity contribution in [1.29, 1.82) is 0 Å². The average molecular weight is 232 g/mol. The number of hydrogen-bond donors (Lipinski definition) is 0. The normalized spacial score (nSPS) is 13.1. The van der Waals surface area contributed by atoms with Crippen molar-refractivity contribution in [3.8, 4) is 0 Å². The zero-order valence-electron chi connectivity index (χ0n) is 10.8. The van der Waals surface area contributed by atoms with Gasteiger partial charge in [-0.1, -0.05) is 19.1 Å². The van der Waals surface area contributed by atoms with Gasteiger partial charge < -0.3 is 9.30 Å². The van der Waals surface area contributed by atoms with Gasteiger partial charge in [0.05, 0.1) is 23.7 Å². The first-order valence-corrected chi connectivity index (χ1v) is 6.22. The summed E-state index contributed by atoms with van der Waals surface area (Å²) in [6, 6.07) is 8.64. The highest BCUT2D eigenvalue weighted by atomic mass is 16.5. The van der Waals surface area contributed by atoms with Crippen molar-refractivity contribution in [1.82, 2.24) is 9.55 Å². The third-order valence-corrected chi connectivity index (χ3v) is 2.99. The Hall–Kier alpha value is -1.35. The van der Waals surface area contributed by atoms with E-state index in [2.05, 4.69) is 36.6 Å². The van der Waals surface area contributed by atoms with Crippen LogP contribution in [0.5, 0.6) is 0 Å². The van der Waals surface area contributed by atoms with Crippen LogP contribution in [0, 0.1) is 0 Å². The van der Waals surface area contributed by atoms with E-state index in [1.165, 1.54) is 11.3 Å². The van der Waals surface area contributed by atoms with E-state index in [4.69, 9.17) is 9.72 Å². The molecule has 0 fully saturated rings. The number of benzene rings is 1. The van der Waals surface area contributed by atoms with E-state index < -0.39 is 0 Å². The summed E-state index contributed by atoms with van der Waals surface area (Å²) in [5.41, 5.74) is 2.29. The maximum absolute atomic E-state index is 5.26. The summed E-state index contributed by atoms with van der Waals surface area (Å²) in [6.07, 6.45) is 2.13. The van der Waals surface area contributed by atoms with Gasteiger partial charge in [0.15, 0.2) is 0 Å². The molecule has 0 saturated heterocycles. The monoisotopic (exact) mass is 232 g/mol. The molecule has 1 atom stereocenters. The van der Waals surface area contributed by atoms with Crippen LogP contribution in [-0.2, 0) is 11.2 Å². The molecule has 2 aromatic rings. The average Bonchev–Trinajstić information content (AvgIpc) is 2.67. The molecule has 0 aliphatic rings. The third-order valence-electron chi connectivity index (χ3n) is 2.99. The van der Waals surface area contributed by atoms with Crippen LogP contribution in [0.15, 0.2) is 24.3 Å². The number of methoxy groups -OCH3 is 1. The van der Waals surface area contributed by atoms with Crippen LogP contribution in [0.25, 0.3) is 11.0 Å². The number of para-hydroxylation sites is 2. The van der Waals surface area contributed by atoms with Crippen molar-refractivity contribution < 1.29 is 4.74 Å². The fourth-order valence-electron chi connectivity index (χ4n) is 2.30. The molecule has 0 spiro atoms. The first-order chi connectivity index (χ1) is 8.27. The van der Waals surface area contributed by atoms with Crippen LogP contribution in [0.3, 0.4) is 0 Å². The highest BCUT2D eigenvalue weighted by Gasteiger charge is 2.14. The molecule has 0 radical (unpaired) electrons. The zero-order valence-corrected chi connectivity index (χ0v) is 10.8. The Bertz CT molecular complexity index is 490. The van der Waals surface area contributed by atoms with Crippen LogP contribution >= 0.6 is 0 Å². The first kappa shape index (κ1) is 12.1. The Kier molecular flexibility index (Phi) is 3.79. The number of imidazole rings is 1. The Morgan fingerprint density at radius 3 is 2.82 bits per heavy atom. The smallest absolute Gasteiger partial charge is 0.110 e. The molecular formula is C14H20N2O. The maximum atomic E-state index is 5.26. The zero-order chi connectivity index (χ0) is 12.3. The SMILES string of the molecule is CCCc1nc2ccccc2n1C(C)COC. The summed E-state index contributed by atoms with van der Waals surface area (Å²) >= 11 is 0. The van der Waals surface area contributed by atoms with E-state index in [-0.39, 0.29) is 0 Å². The van der Waals surface area contributed by atoms with Crippen LogP contribution < -0.4 is 0 Å². The molecule has 0 bridgehead atoms. The molecule has 2 rings (SSSR count). The predicted octanol–water partition coefficient (Wildman–Crippen LogP) is 3.20. The van der Waals surface area contributed by atoms with Gasteiger partial charge in [-0.15, -0.1) is 0 Å². The maximum Gasteiger partial charge on any atom is 0.110 e. The molecule has 0 aliphatic heterocycles. The Balaban J connectivity index is 2.51. The lowest BCUT2D eigenvalue weighted by atomic mass is 10.2. The summed E-state index contributed by atoms with van der Waals surface area (Å²) in [7, 11) is 1.75. The summed E-state index contributed by atoms with van der Waals surface area (Å²) in [6.45, 7) is 5.08. The molecular weight excluding hydrogens is 212 g/mol.